The zero-order valence-corrected chi connectivity index (χ0v) is 11.5. The number of carbonyl (C=O) groups excluding carboxylic acids is 1. The van der Waals surface area contributed by atoms with Gasteiger partial charge in [0.2, 0.25) is 5.91 Å². The Hall–Kier alpha value is -0.610. The van der Waals surface area contributed by atoms with Gasteiger partial charge in [0.05, 0.1) is 24.9 Å². The summed E-state index contributed by atoms with van der Waals surface area (Å²) < 4.78 is 5.40. The second-order valence-electron chi connectivity index (χ2n) is 4.79. The van der Waals surface area contributed by atoms with E-state index in [1.807, 2.05) is 25.7 Å². The maximum atomic E-state index is 12.2. The van der Waals surface area contributed by atoms with Crippen LogP contribution in [0.2, 0.25) is 0 Å². The lowest BCUT2D eigenvalue weighted by atomic mass is 10.1. The number of ether oxygens (including phenoxy) is 1. The summed E-state index contributed by atoms with van der Waals surface area (Å²) in [4.78, 5) is 14.2. The number of rotatable bonds is 7. The third-order valence-electron chi connectivity index (χ3n) is 3.30. The Labute approximate surface area is 105 Å². The third-order valence-corrected chi connectivity index (χ3v) is 3.30. The molecule has 17 heavy (non-hydrogen) atoms. The van der Waals surface area contributed by atoms with Crippen LogP contribution in [0.5, 0.6) is 0 Å². The fourth-order valence-electron chi connectivity index (χ4n) is 2.40. The summed E-state index contributed by atoms with van der Waals surface area (Å²) in [6, 6.07) is 0.158. The molecule has 0 radical (unpaired) electrons. The van der Waals surface area contributed by atoms with Crippen LogP contribution in [-0.2, 0) is 9.53 Å². The maximum Gasteiger partial charge on any atom is 0.241 e. The lowest BCUT2D eigenvalue weighted by Gasteiger charge is -2.27. The van der Waals surface area contributed by atoms with Gasteiger partial charge in [-0.3, -0.25) is 10.1 Å². The first kappa shape index (κ1) is 14.5. The topological polar surface area (TPSA) is 41.6 Å². The van der Waals surface area contributed by atoms with Gasteiger partial charge < -0.3 is 9.64 Å². The summed E-state index contributed by atoms with van der Waals surface area (Å²) >= 11 is 0. The highest BCUT2D eigenvalue weighted by Crippen LogP contribution is 2.18. The van der Waals surface area contributed by atoms with Gasteiger partial charge in [0.15, 0.2) is 0 Å². The lowest BCUT2D eigenvalue weighted by molar-refractivity contribution is -0.133. The molecule has 0 aromatic rings. The first-order chi connectivity index (χ1) is 8.11. The van der Waals surface area contributed by atoms with Gasteiger partial charge in [-0.2, -0.15) is 0 Å². The largest absolute Gasteiger partial charge is 0.380 e. The van der Waals surface area contributed by atoms with E-state index in [-0.39, 0.29) is 24.2 Å². The van der Waals surface area contributed by atoms with Crippen molar-refractivity contribution in [3.8, 4) is 0 Å². The molecule has 1 heterocycles. The molecular formula is C13H26N2O2. The molecule has 1 aliphatic heterocycles. The zero-order chi connectivity index (χ0) is 12.8. The molecule has 0 saturated carbocycles. The van der Waals surface area contributed by atoms with Crippen molar-refractivity contribution >= 4 is 5.91 Å². The van der Waals surface area contributed by atoms with Gasteiger partial charge in [-0.1, -0.05) is 19.8 Å². The summed E-state index contributed by atoms with van der Waals surface area (Å²) in [5, 5.41) is 3.37. The monoisotopic (exact) mass is 242 g/mol. The molecule has 0 bridgehead atoms. The van der Waals surface area contributed by atoms with E-state index in [1.54, 1.807) is 0 Å². The van der Waals surface area contributed by atoms with Crippen LogP contribution in [0.25, 0.3) is 0 Å². The van der Waals surface area contributed by atoms with E-state index >= 15 is 0 Å². The predicted octanol–water partition coefficient (Wildman–Crippen LogP) is 1.75. The van der Waals surface area contributed by atoms with Crippen LogP contribution in [-0.4, -0.2) is 42.3 Å². The Morgan fingerprint density at radius 3 is 2.76 bits per heavy atom. The summed E-state index contributed by atoms with van der Waals surface area (Å²) in [6.07, 6.45) is 3.30. The Morgan fingerprint density at radius 1 is 1.47 bits per heavy atom. The molecule has 3 atom stereocenters. The molecule has 100 valence electrons. The lowest BCUT2D eigenvalue weighted by Crippen LogP contribution is -2.43. The number of nitrogens with one attached hydrogen (secondary N) is 1. The van der Waals surface area contributed by atoms with Gasteiger partial charge in [-0.25, -0.2) is 0 Å². The molecule has 1 fully saturated rings. The molecule has 4 nitrogen and oxygen atoms in total. The van der Waals surface area contributed by atoms with Crippen LogP contribution in [0.1, 0.15) is 47.0 Å². The van der Waals surface area contributed by atoms with Gasteiger partial charge >= 0.3 is 0 Å². The number of hydrogen-bond acceptors (Lipinski definition) is 3. The Balaban J connectivity index is 2.52. The quantitative estimate of drug-likeness (QED) is 0.739. The zero-order valence-electron chi connectivity index (χ0n) is 11.5. The van der Waals surface area contributed by atoms with Gasteiger partial charge in [0, 0.05) is 6.61 Å². The highest BCUT2D eigenvalue weighted by atomic mass is 16.5. The van der Waals surface area contributed by atoms with Crippen LogP contribution >= 0.6 is 0 Å². The van der Waals surface area contributed by atoms with Crippen LogP contribution in [0.15, 0.2) is 0 Å². The minimum Gasteiger partial charge on any atom is -0.380 e. The third kappa shape index (κ3) is 3.68. The fraction of sp³-hybridized carbons (Fsp3) is 0.923. The Kier molecular flexibility index (Phi) is 5.92. The van der Waals surface area contributed by atoms with E-state index in [0.29, 0.717) is 13.2 Å². The van der Waals surface area contributed by atoms with Crippen molar-refractivity contribution in [1.82, 2.24) is 10.2 Å². The van der Waals surface area contributed by atoms with Crippen molar-refractivity contribution in [2.24, 2.45) is 0 Å². The minimum atomic E-state index is 0.00836. The van der Waals surface area contributed by atoms with Gasteiger partial charge in [-0.15, -0.1) is 0 Å². The van der Waals surface area contributed by atoms with Crippen molar-refractivity contribution in [2.45, 2.75) is 65.2 Å². The van der Waals surface area contributed by atoms with E-state index in [4.69, 9.17) is 4.74 Å². The van der Waals surface area contributed by atoms with Crippen LogP contribution in [0.3, 0.4) is 0 Å². The van der Waals surface area contributed by atoms with Gasteiger partial charge in [-0.05, 0) is 27.2 Å². The van der Waals surface area contributed by atoms with E-state index in [0.717, 1.165) is 19.3 Å². The summed E-state index contributed by atoms with van der Waals surface area (Å²) in [5.41, 5.74) is 0. The molecular weight excluding hydrogens is 216 g/mol. The average Bonchev–Trinajstić information content (AvgIpc) is 2.59. The smallest absolute Gasteiger partial charge is 0.241 e. The molecule has 1 amide bonds. The Bertz CT molecular complexity index is 246. The molecule has 0 spiro atoms. The van der Waals surface area contributed by atoms with Crippen molar-refractivity contribution in [3.05, 3.63) is 0 Å². The number of amides is 1. The van der Waals surface area contributed by atoms with Crippen LogP contribution in [0, 0.1) is 0 Å². The molecule has 0 aromatic carbocycles. The molecule has 0 aliphatic carbocycles. The second-order valence-corrected chi connectivity index (χ2v) is 4.79. The van der Waals surface area contributed by atoms with Crippen molar-refractivity contribution < 1.29 is 9.53 Å². The summed E-state index contributed by atoms with van der Waals surface area (Å²) in [5.74, 6) is 0.234. The molecule has 1 rings (SSSR count). The molecule has 1 aliphatic rings. The van der Waals surface area contributed by atoms with E-state index < -0.39 is 0 Å². The van der Waals surface area contributed by atoms with Crippen molar-refractivity contribution in [2.75, 3.05) is 13.2 Å². The highest BCUT2D eigenvalue weighted by Gasteiger charge is 2.38. The molecule has 1 N–H and O–H groups in total. The number of carbonyl (C=O) groups is 1. The summed E-state index contributed by atoms with van der Waals surface area (Å²) in [7, 11) is 0. The average molecular weight is 242 g/mol. The normalized spacial score (nSPS) is 26.6. The number of hydrogen-bond donors (Lipinski definition) is 1. The minimum absolute atomic E-state index is 0.00836. The van der Waals surface area contributed by atoms with Gasteiger partial charge in [0.25, 0.3) is 0 Å². The van der Waals surface area contributed by atoms with Crippen LogP contribution in [0.4, 0.5) is 0 Å². The van der Waals surface area contributed by atoms with Crippen LogP contribution < -0.4 is 5.32 Å². The second kappa shape index (κ2) is 6.97. The molecule has 1 saturated heterocycles. The fourth-order valence-corrected chi connectivity index (χ4v) is 2.40. The number of unbranched alkanes of at least 4 members (excludes halogenated alkanes) is 1. The maximum absolute atomic E-state index is 12.2. The van der Waals surface area contributed by atoms with Crippen molar-refractivity contribution in [1.29, 1.82) is 0 Å². The Morgan fingerprint density at radius 2 is 2.18 bits per heavy atom. The first-order valence-electron chi connectivity index (χ1n) is 6.77. The van der Waals surface area contributed by atoms with E-state index in [2.05, 4.69) is 12.2 Å². The number of nitrogens with zero attached hydrogens (tertiary/aromatic N) is 1. The van der Waals surface area contributed by atoms with Gasteiger partial charge in [0.1, 0.15) is 0 Å². The SMILES string of the molecule is CCCCC1NC(C)N(C(C)COCC)C1=O. The highest BCUT2D eigenvalue weighted by molar-refractivity contribution is 5.84. The predicted molar refractivity (Wildman–Crippen MR) is 68.7 cm³/mol. The van der Waals surface area contributed by atoms with E-state index in [1.165, 1.54) is 0 Å². The molecule has 4 heteroatoms. The summed E-state index contributed by atoms with van der Waals surface area (Å²) in [6.45, 7) is 9.55. The van der Waals surface area contributed by atoms with Crippen molar-refractivity contribution in [3.63, 3.8) is 0 Å². The standard InChI is InChI=1S/C13H26N2O2/c1-5-7-8-12-13(16)15(11(4)14-12)10(3)9-17-6-2/h10-12,14H,5-9H2,1-4H3. The first-order valence-corrected chi connectivity index (χ1v) is 6.77. The molecule has 0 aromatic heterocycles. The van der Waals surface area contributed by atoms with E-state index in [9.17, 15) is 4.79 Å². The molecule has 3 unspecified atom stereocenters.